The second-order valence-corrected chi connectivity index (χ2v) is 6.58. The molecule has 2 atom stereocenters. The number of nitrogens with one attached hydrogen (secondary N) is 2. The first-order valence-electron chi connectivity index (χ1n) is 7.94. The van der Waals surface area contributed by atoms with Crippen molar-refractivity contribution in [3.8, 4) is 0 Å². The molecule has 2 fully saturated rings. The summed E-state index contributed by atoms with van der Waals surface area (Å²) in [5.41, 5.74) is 0. The Morgan fingerprint density at radius 1 is 0.950 bits per heavy atom. The number of amides is 2. The predicted octanol–water partition coefficient (Wildman–Crippen LogP) is 1.25. The SMILES string of the molecule is C[C@H](CNC(=O)NC[C@H](C)N(C)C1CC1)N(C)C1CC1. The van der Waals surface area contributed by atoms with Gasteiger partial charge in [0.25, 0.3) is 0 Å². The van der Waals surface area contributed by atoms with Gasteiger partial charge in [0.15, 0.2) is 0 Å². The zero-order valence-electron chi connectivity index (χ0n) is 13.4. The van der Waals surface area contributed by atoms with Crippen LogP contribution in [0.2, 0.25) is 0 Å². The zero-order valence-corrected chi connectivity index (χ0v) is 13.4. The summed E-state index contributed by atoms with van der Waals surface area (Å²) in [6, 6.07) is 2.24. The number of hydrogen-bond donors (Lipinski definition) is 2. The topological polar surface area (TPSA) is 47.6 Å². The maximum atomic E-state index is 11.8. The number of urea groups is 1. The second-order valence-electron chi connectivity index (χ2n) is 6.58. The maximum absolute atomic E-state index is 11.8. The van der Waals surface area contributed by atoms with E-state index in [4.69, 9.17) is 0 Å². The minimum Gasteiger partial charge on any atom is -0.337 e. The molecule has 2 amide bonds. The van der Waals surface area contributed by atoms with E-state index in [-0.39, 0.29) is 6.03 Å². The largest absolute Gasteiger partial charge is 0.337 e. The van der Waals surface area contributed by atoms with E-state index in [1.54, 1.807) is 0 Å². The predicted molar refractivity (Wildman–Crippen MR) is 81.9 cm³/mol. The molecule has 116 valence electrons. The normalized spacial score (nSPS) is 21.9. The van der Waals surface area contributed by atoms with Gasteiger partial charge in [-0.2, -0.15) is 0 Å². The van der Waals surface area contributed by atoms with E-state index < -0.39 is 0 Å². The molecule has 20 heavy (non-hydrogen) atoms. The second kappa shape index (κ2) is 6.76. The van der Waals surface area contributed by atoms with Gasteiger partial charge in [-0.15, -0.1) is 0 Å². The molecule has 0 aromatic heterocycles. The van der Waals surface area contributed by atoms with E-state index in [9.17, 15) is 4.79 Å². The summed E-state index contributed by atoms with van der Waals surface area (Å²) in [5, 5.41) is 5.95. The Balaban J connectivity index is 1.57. The lowest BCUT2D eigenvalue weighted by Crippen LogP contribution is -2.47. The minimum atomic E-state index is -0.0444. The van der Waals surface area contributed by atoms with Crippen LogP contribution in [0.25, 0.3) is 0 Å². The lowest BCUT2D eigenvalue weighted by Gasteiger charge is -2.26. The van der Waals surface area contributed by atoms with Crippen LogP contribution in [0.5, 0.6) is 0 Å². The van der Waals surface area contributed by atoms with Gasteiger partial charge in [0.2, 0.25) is 0 Å². The number of carbonyl (C=O) groups excluding carboxylic acids is 1. The Morgan fingerprint density at radius 2 is 1.30 bits per heavy atom. The van der Waals surface area contributed by atoms with Crippen molar-refractivity contribution in [1.82, 2.24) is 20.4 Å². The fourth-order valence-corrected chi connectivity index (χ4v) is 2.51. The summed E-state index contributed by atoms with van der Waals surface area (Å²) in [5.74, 6) is 0. The highest BCUT2D eigenvalue weighted by molar-refractivity contribution is 5.73. The molecular formula is C15H30N4O. The van der Waals surface area contributed by atoms with Crippen LogP contribution in [-0.4, -0.2) is 67.2 Å². The smallest absolute Gasteiger partial charge is 0.314 e. The van der Waals surface area contributed by atoms with Crippen LogP contribution < -0.4 is 10.6 Å². The number of likely N-dealkylation sites (N-methyl/N-ethyl adjacent to an activating group) is 2. The minimum absolute atomic E-state index is 0.0444. The van der Waals surface area contributed by atoms with Crippen molar-refractivity contribution < 1.29 is 4.79 Å². The summed E-state index contributed by atoms with van der Waals surface area (Å²) in [6.07, 6.45) is 5.21. The average molecular weight is 282 g/mol. The Labute approximate surface area is 123 Å². The van der Waals surface area contributed by atoms with Crippen LogP contribution in [-0.2, 0) is 0 Å². The molecule has 0 aromatic rings. The Bertz CT molecular complexity index is 298. The molecule has 5 nitrogen and oxygen atoms in total. The van der Waals surface area contributed by atoms with Gasteiger partial charge in [-0.25, -0.2) is 4.79 Å². The van der Waals surface area contributed by atoms with Gasteiger partial charge < -0.3 is 10.6 Å². The fourth-order valence-electron chi connectivity index (χ4n) is 2.51. The van der Waals surface area contributed by atoms with Crippen LogP contribution in [0.15, 0.2) is 0 Å². The molecule has 0 spiro atoms. The van der Waals surface area contributed by atoms with Crippen molar-refractivity contribution in [1.29, 1.82) is 0 Å². The highest BCUT2D eigenvalue weighted by atomic mass is 16.2. The average Bonchev–Trinajstić information content (AvgIpc) is 3.31. The number of nitrogens with zero attached hydrogens (tertiary/aromatic N) is 2. The van der Waals surface area contributed by atoms with Gasteiger partial charge in [0, 0.05) is 37.3 Å². The van der Waals surface area contributed by atoms with Gasteiger partial charge in [-0.05, 0) is 53.6 Å². The van der Waals surface area contributed by atoms with Crippen molar-refractivity contribution in [3.05, 3.63) is 0 Å². The van der Waals surface area contributed by atoms with Crippen LogP contribution >= 0.6 is 0 Å². The molecule has 0 bridgehead atoms. The maximum Gasteiger partial charge on any atom is 0.314 e. The number of rotatable bonds is 8. The zero-order chi connectivity index (χ0) is 14.7. The third-order valence-corrected chi connectivity index (χ3v) is 4.75. The van der Waals surface area contributed by atoms with Crippen molar-refractivity contribution in [2.45, 2.75) is 63.7 Å². The summed E-state index contributed by atoms with van der Waals surface area (Å²) in [7, 11) is 4.29. The van der Waals surface area contributed by atoms with Gasteiger partial charge in [-0.3, -0.25) is 9.80 Å². The number of hydrogen-bond acceptors (Lipinski definition) is 3. The molecule has 0 saturated heterocycles. The summed E-state index contributed by atoms with van der Waals surface area (Å²) in [6.45, 7) is 5.77. The van der Waals surface area contributed by atoms with Crippen LogP contribution in [0, 0.1) is 0 Å². The highest BCUT2D eigenvalue weighted by Crippen LogP contribution is 2.27. The first kappa shape index (κ1) is 15.6. The Hall–Kier alpha value is -0.810. The van der Waals surface area contributed by atoms with E-state index in [0.29, 0.717) is 25.2 Å². The molecular weight excluding hydrogens is 252 g/mol. The molecule has 2 aliphatic carbocycles. The van der Waals surface area contributed by atoms with Gasteiger partial charge in [-0.1, -0.05) is 0 Å². The molecule has 0 aromatic carbocycles. The van der Waals surface area contributed by atoms with Crippen molar-refractivity contribution in [2.24, 2.45) is 0 Å². The highest BCUT2D eigenvalue weighted by Gasteiger charge is 2.30. The third kappa shape index (κ3) is 4.63. The van der Waals surface area contributed by atoms with Crippen LogP contribution in [0.3, 0.4) is 0 Å². The molecule has 0 unspecified atom stereocenters. The molecule has 2 saturated carbocycles. The lowest BCUT2D eigenvalue weighted by atomic mass is 10.3. The third-order valence-electron chi connectivity index (χ3n) is 4.75. The van der Waals surface area contributed by atoms with E-state index in [1.165, 1.54) is 25.7 Å². The van der Waals surface area contributed by atoms with Crippen LogP contribution in [0.4, 0.5) is 4.79 Å². The number of carbonyl (C=O) groups is 1. The van der Waals surface area contributed by atoms with Crippen molar-refractivity contribution in [3.63, 3.8) is 0 Å². The Kier molecular flexibility index (Phi) is 5.27. The first-order chi connectivity index (χ1) is 9.49. The summed E-state index contributed by atoms with van der Waals surface area (Å²) < 4.78 is 0. The van der Waals surface area contributed by atoms with Gasteiger partial charge >= 0.3 is 6.03 Å². The monoisotopic (exact) mass is 282 g/mol. The lowest BCUT2D eigenvalue weighted by molar-refractivity contribution is 0.213. The van der Waals surface area contributed by atoms with Crippen LogP contribution in [0.1, 0.15) is 39.5 Å². The molecule has 0 radical (unpaired) electrons. The standard InChI is InChI=1S/C15H30N4O/c1-11(18(3)13-5-6-13)9-16-15(20)17-10-12(2)19(4)14-7-8-14/h11-14H,5-10H2,1-4H3,(H2,16,17,20)/t11-,12+. The molecule has 5 heteroatoms. The van der Waals surface area contributed by atoms with E-state index in [1.807, 2.05) is 0 Å². The summed E-state index contributed by atoms with van der Waals surface area (Å²) >= 11 is 0. The molecule has 2 rings (SSSR count). The van der Waals surface area contributed by atoms with Gasteiger partial charge in [0.05, 0.1) is 0 Å². The Morgan fingerprint density at radius 3 is 1.60 bits per heavy atom. The van der Waals surface area contributed by atoms with Crippen molar-refractivity contribution >= 4 is 6.03 Å². The molecule has 2 aliphatic rings. The van der Waals surface area contributed by atoms with E-state index >= 15 is 0 Å². The summed E-state index contributed by atoms with van der Waals surface area (Å²) in [4.78, 5) is 16.5. The van der Waals surface area contributed by atoms with E-state index in [2.05, 4.69) is 48.4 Å². The van der Waals surface area contributed by atoms with E-state index in [0.717, 1.165) is 12.1 Å². The molecule has 0 aliphatic heterocycles. The molecule has 2 N–H and O–H groups in total. The van der Waals surface area contributed by atoms with Gasteiger partial charge in [0.1, 0.15) is 0 Å². The first-order valence-corrected chi connectivity index (χ1v) is 7.94. The molecule has 0 heterocycles. The quantitative estimate of drug-likeness (QED) is 0.704. The van der Waals surface area contributed by atoms with Crippen molar-refractivity contribution in [2.75, 3.05) is 27.2 Å². The fraction of sp³-hybridized carbons (Fsp3) is 0.933.